The molecular formula is C89H86N20O12. The van der Waals surface area contributed by atoms with Crippen molar-refractivity contribution in [3.05, 3.63) is 304 Å². The Labute approximate surface area is 694 Å². The minimum Gasteiger partial charge on any atom is -0.502 e. The van der Waals surface area contributed by atoms with E-state index in [9.17, 15) is 58.8 Å². The first-order valence-electron chi connectivity index (χ1n) is 39.0. The highest BCUT2D eigenvalue weighted by molar-refractivity contribution is 5.97. The average Bonchev–Trinajstić information content (AvgIpc) is 1.53. The molecule has 0 fully saturated rings. The van der Waals surface area contributed by atoms with Gasteiger partial charge >= 0.3 is 0 Å². The molecule has 4 aliphatic rings. The molecule has 0 saturated heterocycles. The molecule has 8 aromatic heterocycles. The summed E-state index contributed by atoms with van der Waals surface area (Å²) in [5, 5.41) is 72.2. The van der Waals surface area contributed by atoms with Crippen molar-refractivity contribution in [1.82, 2.24) is 97.6 Å². The first kappa shape index (κ1) is 83.5. The summed E-state index contributed by atoms with van der Waals surface area (Å²) in [7, 11) is 4.91. The maximum atomic E-state index is 13.1. The third-order valence-electron chi connectivity index (χ3n) is 20.8. The summed E-state index contributed by atoms with van der Waals surface area (Å²) in [6, 6.07) is 41.5. The summed E-state index contributed by atoms with van der Waals surface area (Å²) < 4.78 is 13.1. The Morgan fingerprint density at radius 2 is 0.669 bits per heavy atom. The first-order chi connectivity index (χ1) is 58.4. The van der Waals surface area contributed by atoms with Crippen molar-refractivity contribution < 1.29 is 39.6 Å². The lowest BCUT2D eigenvalue weighted by molar-refractivity contribution is 0.0545. The molecule has 12 aromatic rings. The van der Waals surface area contributed by atoms with Crippen molar-refractivity contribution in [2.45, 2.75) is 115 Å². The van der Waals surface area contributed by atoms with Gasteiger partial charge in [0.1, 0.15) is 40.9 Å². The van der Waals surface area contributed by atoms with Crippen LogP contribution >= 0.6 is 0 Å². The Morgan fingerprint density at radius 1 is 0.380 bits per heavy atom. The van der Waals surface area contributed by atoms with Gasteiger partial charge in [0, 0.05) is 97.4 Å². The van der Waals surface area contributed by atoms with Gasteiger partial charge in [-0.15, -0.1) is 0 Å². The van der Waals surface area contributed by atoms with E-state index in [0.29, 0.717) is 49.0 Å². The number of likely N-dealkylation sites (N-methyl/N-ethyl adjacent to an activating group) is 3. The van der Waals surface area contributed by atoms with Crippen LogP contribution in [0.5, 0.6) is 23.0 Å². The molecule has 8 atom stereocenters. The lowest BCUT2D eigenvalue weighted by atomic mass is 9.96. The molecule has 4 N–H and O–H groups in total. The van der Waals surface area contributed by atoms with Crippen molar-refractivity contribution in [3.63, 3.8) is 0 Å². The molecule has 121 heavy (non-hydrogen) atoms. The zero-order valence-electron chi connectivity index (χ0n) is 67.6. The van der Waals surface area contributed by atoms with Crippen LogP contribution in [0.25, 0.3) is 0 Å². The number of aromatic hydroxyl groups is 4. The summed E-state index contributed by atoms with van der Waals surface area (Å²) in [6.07, 6.45) is 15.4. The summed E-state index contributed by atoms with van der Waals surface area (Å²) in [5.74, 6) is 19.8. The first-order valence-corrected chi connectivity index (χ1v) is 39.0. The fourth-order valence-electron chi connectivity index (χ4n) is 15.1. The maximum absolute atomic E-state index is 13.1. The number of fused-ring (bicyclic) bond motifs is 4. The van der Waals surface area contributed by atoms with Gasteiger partial charge in [-0.3, -0.25) is 52.4 Å². The van der Waals surface area contributed by atoms with Gasteiger partial charge in [-0.05, 0) is 84.9 Å². The van der Waals surface area contributed by atoms with Crippen LogP contribution in [0.3, 0.4) is 0 Å². The van der Waals surface area contributed by atoms with Crippen molar-refractivity contribution >= 4 is 23.6 Å². The standard InChI is InChI=1S/C24H25N5O3.2C22H21N5O3.C21H19N5O3/c1-4-5-11-18-12-13-28(26-18)21(17-9-7-6-8-10-17)19-15-27(16(2)3)24(32)22-23(31)20(30)14-25-29(19)22;2*1-3-4-10-16-11-12-26(24-16)19(15-8-6-5-7-9-15)17-14-25(2)22(30)20-21(29)18(28)13-23-27(17)20;1-3-7-15-11-25(13-22-15)18(14-8-5-4-6-9-14)16-12-24(2)21(29)19-20(28)17(27)10-23-26(16)19/h6-10,12-14,16,19,21,31H,4,15H2,1-3H3;2*5-9,11-13,17,19,29H,3,14H2,1-2H3;4-6,8-11,13,16,18,28H,12H2,1-2H3. The van der Waals surface area contributed by atoms with Crippen LogP contribution in [-0.4, -0.2) is 195 Å². The molecule has 16 rings (SSSR count). The largest absolute Gasteiger partial charge is 0.502 e. The lowest BCUT2D eigenvalue weighted by Gasteiger charge is -2.40. The second-order valence-corrected chi connectivity index (χ2v) is 29.0. The molecule has 0 radical (unpaired) electrons. The number of rotatable bonds is 13. The molecule has 4 amide bonds. The molecule has 32 nitrogen and oxygen atoms in total. The number of benzene rings is 4. The van der Waals surface area contributed by atoms with Crippen molar-refractivity contribution in [3.8, 4) is 70.4 Å². The second-order valence-electron chi connectivity index (χ2n) is 29.0. The number of imidazole rings is 1. The minimum absolute atomic E-state index is 0.0958. The van der Waals surface area contributed by atoms with Gasteiger partial charge < -0.3 is 44.6 Å². The third-order valence-corrected chi connectivity index (χ3v) is 20.8. The number of carbonyl (C=O) groups excluding carboxylic acids is 4. The van der Waals surface area contributed by atoms with Crippen LogP contribution < -0.4 is 21.7 Å². The molecule has 0 spiro atoms. The fraction of sp³-hybridized carbons (Fsp3) is 0.281. The van der Waals surface area contributed by atoms with E-state index >= 15 is 0 Å². The third kappa shape index (κ3) is 17.4. The normalized spacial score (nSPS) is 16.5. The Morgan fingerprint density at radius 3 is 0.967 bits per heavy atom. The zero-order valence-corrected chi connectivity index (χ0v) is 67.6. The van der Waals surface area contributed by atoms with Gasteiger partial charge in [-0.1, -0.05) is 166 Å². The molecule has 12 heterocycles. The van der Waals surface area contributed by atoms with Gasteiger partial charge in [0.05, 0.1) is 61.3 Å². The molecule has 0 bridgehead atoms. The van der Waals surface area contributed by atoms with Crippen LogP contribution in [0.2, 0.25) is 0 Å². The van der Waals surface area contributed by atoms with Crippen molar-refractivity contribution in [2.24, 2.45) is 0 Å². The molecular weight excluding hydrogens is 1540 g/mol. The average molecular weight is 1630 g/mol. The number of carbonyl (C=O) groups is 4. The summed E-state index contributed by atoms with van der Waals surface area (Å²) in [6.45, 7) is 12.8. The number of nitrogens with zero attached hydrogens (tertiary/aromatic N) is 20. The Kier molecular flexibility index (Phi) is 25.4. The van der Waals surface area contributed by atoms with Gasteiger partial charge in [-0.2, -0.15) is 35.7 Å². The van der Waals surface area contributed by atoms with Gasteiger partial charge in [0.15, 0.2) is 45.8 Å². The molecule has 0 aliphatic carbocycles. The van der Waals surface area contributed by atoms with Crippen LogP contribution in [0.4, 0.5) is 0 Å². The topological polar surface area (TPSA) is 373 Å². The van der Waals surface area contributed by atoms with E-state index in [2.05, 4.69) is 88.0 Å². The van der Waals surface area contributed by atoms with E-state index in [4.69, 9.17) is 0 Å². The van der Waals surface area contributed by atoms with Crippen molar-refractivity contribution in [1.29, 1.82) is 0 Å². The summed E-state index contributed by atoms with van der Waals surface area (Å²) in [4.78, 5) is 109. The van der Waals surface area contributed by atoms with E-state index < -0.39 is 86.5 Å². The summed E-state index contributed by atoms with van der Waals surface area (Å²) in [5.41, 5.74) is 3.26. The number of amides is 4. The maximum Gasteiger partial charge on any atom is 0.276 e. The van der Waals surface area contributed by atoms with E-state index in [1.54, 1.807) is 48.7 Å². The summed E-state index contributed by atoms with van der Waals surface area (Å²) >= 11 is 0. The highest BCUT2D eigenvalue weighted by atomic mass is 16.3. The Balaban J connectivity index is 0.000000139. The smallest absolute Gasteiger partial charge is 0.276 e. The van der Waals surface area contributed by atoms with Crippen molar-refractivity contribution in [2.75, 3.05) is 47.3 Å². The molecule has 32 heteroatoms. The highest BCUT2D eigenvalue weighted by Crippen LogP contribution is 2.41. The quantitative estimate of drug-likeness (QED) is 0.0804. The van der Waals surface area contributed by atoms with Crippen LogP contribution in [0.1, 0.15) is 196 Å². The molecule has 4 aliphatic heterocycles. The Bertz CT molecular complexity index is 6190. The lowest BCUT2D eigenvalue weighted by Crippen LogP contribution is -2.50. The predicted octanol–water partition coefficient (Wildman–Crippen LogP) is 7.68. The van der Waals surface area contributed by atoms with Crippen LogP contribution in [0, 0.1) is 47.4 Å². The molecule has 4 aromatic carbocycles. The van der Waals surface area contributed by atoms with E-state index in [1.165, 1.54) is 33.4 Å². The zero-order chi connectivity index (χ0) is 85.9. The number of hydrogen-bond acceptors (Lipinski definition) is 20. The fourth-order valence-corrected chi connectivity index (χ4v) is 15.1. The number of hydrogen-bond donors (Lipinski definition) is 4. The second kappa shape index (κ2) is 36.8. The highest BCUT2D eigenvalue weighted by Gasteiger charge is 2.44. The predicted molar refractivity (Wildman–Crippen MR) is 445 cm³/mol. The van der Waals surface area contributed by atoms with E-state index in [-0.39, 0.29) is 59.0 Å². The van der Waals surface area contributed by atoms with E-state index in [1.807, 2.05) is 208 Å². The van der Waals surface area contributed by atoms with Crippen LogP contribution in [-0.2, 0) is 0 Å². The number of aromatic nitrogens is 16. The molecule has 8 unspecified atom stereocenters. The Hall–Kier alpha value is -15.4. The minimum atomic E-state index is -0.684. The van der Waals surface area contributed by atoms with Crippen LogP contribution in [0.15, 0.2) is 215 Å². The molecule has 614 valence electrons. The monoisotopic (exact) mass is 1630 g/mol. The van der Waals surface area contributed by atoms with E-state index in [0.717, 1.165) is 66.3 Å². The van der Waals surface area contributed by atoms with Gasteiger partial charge in [0.25, 0.3) is 23.6 Å². The molecule has 0 saturated carbocycles. The van der Waals surface area contributed by atoms with Gasteiger partial charge in [0.2, 0.25) is 21.7 Å². The van der Waals surface area contributed by atoms with Gasteiger partial charge in [-0.25, -0.2) is 23.7 Å². The SMILES string of the molecule is CC#Cc1cn(C(c2ccccc2)C2CN(C)C(=O)c3c(O)c(=O)cnn32)cn1.CCC#Cc1ccn(C(c2ccccc2)C2CN(C(C)C)C(=O)c3c(O)c(=O)cnn32)n1.CCC#Cc1ccn(C(c2ccccc2)C2CN(C)C(=O)c3c(O)c(=O)cnn32)n1.CCC#Cc1ccn(C(c2ccccc2)C2CN(C)C(=O)c3c(O)c(=O)cnn32)n1.